The molecule has 0 fully saturated rings. The van der Waals surface area contributed by atoms with Gasteiger partial charge in [0.2, 0.25) is 0 Å². The molecular formula is C46H81NO8P+. The van der Waals surface area contributed by atoms with E-state index in [2.05, 4.69) is 43.4 Å². The molecule has 0 radical (unpaired) electrons. The smallest absolute Gasteiger partial charge is 0.472 e. The third kappa shape index (κ3) is 41.1. The highest BCUT2D eigenvalue weighted by Crippen LogP contribution is 2.43. The zero-order valence-electron chi connectivity index (χ0n) is 35.9. The van der Waals surface area contributed by atoms with Crippen molar-refractivity contribution in [1.82, 2.24) is 0 Å². The predicted octanol–water partition coefficient (Wildman–Crippen LogP) is 11.8. The maximum absolute atomic E-state index is 12.6. The van der Waals surface area contributed by atoms with Crippen molar-refractivity contribution < 1.29 is 42.4 Å². The third-order valence-corrected chi connectivity index (χ3v) is 9.56. The molecular weight excluding hydrogens is 725 g/mol. The Balaban J connectivity index is 4.48. The minimum atomic E-state index is -4.32. The van der Waals surface area contributed by atoms with Crippen LogP contribution in [0.2, 0.25) is 0 Å². The average molecular weight is 807 g/mol. The van der Waals surface area contributed by atoms with E-state index in [1.165, 1.54) is 57.8 Å². The van der Waals surface area contributed by atoms with E-state index in [4.69, 9.17) is 18.5 Å². The number of quaternary nitrogens is 1. The number of carbonyl (C=O) groups excluding carboxylic acids is 1. The minimum Gasteiger partial charge on any atom is -0.498 e. The van der Waals surface area contributed by atoms with Crippen LogP contribution in [0.1, 0.15) is 142 Å². The predicted molar refractivity (Wildman–Crippen MR) is 234 cm³/mol. The summed E-state index contributed by atoms with van der Waals surface area (Å²) < 4.78 is 34.6. The van der Waals surface area contributed by atoms with Crippen LogP contribution in [-0.4, -0.2) is 80.2 Å². The van der Waals surface area contributed by atoms with Gasteiger partial charge in [-0.3, -0.25) is 13.8 Å². The van der Waals surface area contributed by atoms with Crippen LogP contribution in [0.4, 0.5) is 0 Å². The summed E-state index contributed by atoms with van der Waals surface area (Å²) >= 11 is 0. The molecule has 322 valence electrons. The fourth-order valence-corrected chi connectivity index (χ4v) is 5.96. The van der Waals surface area contributed by atoms with Crippen LogP contribution in [-0.2, 0) is 27.9 Å². The lowest BCUT2D eigenvalue weighted by Crippen LogP contribution is -2.37. The van der Waals surface area contributed by atoms with Crippen LogP contribution in [0, 0.1) is 0 Å². The van der Waals surface area contributed by atoms with Gasteiger partial charge in [-0.25, -0.2) is 4.57 Å². The molecule has 3 atom stereocenters. The molecule has 0 rings (SSSR count). The van der Waals surface area contributed by atoms with E-state index in [1.54, 1.807) is 6.26 Å². The van der Waals surface area contributed by atoms with Crippen molar-refractivity contribution in [2.24, 2.45) is 0 Å². The normalized spacial score (nSPS) is 15.1. The number of phosphoric ester groups is 1. The highest BCUT2D eigenvalue weighted by atomic mass is 31.2. The highest BCUT2D eigenvalue weighted by Gasteiger charge is 2.26. The zero-order chi connectivity index (χ0) is 41.4. The number of hydrogen-bond acceptors (Lipinski definition) is 7. The van der Waals surface area contributed by atoms with Crippen molar-refractivity contribution in [3.8, 4) is 0 Å². The Morgan fingerprint density at radius 2 is 1.25 bits per heavy atom. The Kier molecular flexibility index (Phi) is 36.3. The fourth-order valence-electron chi connectivity index (χ4n) is 5.21. The van der Waals surface area contributed by atoms with Gasteiger partial charge in [0, 0.05) is 6.42 Å². The van der Waals surface area contributed by atoms with Gasteiger partial charge in [-0.05, 0) is 83.1 Å². The van der Waals surface area contributed by atoms with Gasteiger partial charge < -0.3 is 24.0 Å². The van der Waals surface area contributed by atoms with Gasteiger partial charge in [-0.15, -0.1) is 0 Å². The summed E-state index contributed by atoms with van der Waals surface area (Å²) in [7, 11) is 1.55. The second-order valence-corrected chi connectivity index (χ2v) is 16.7. The number of rotatable bonds is 38. The molecule has 10 heteroatoms. The Bertz CT molecular complexity index is 1180. The lowest BCUT2D eigenvalue weighted by atomic mass is 10.1. The first-order valence-electron chi connectivity index (χ1n) is 21.5. The van der Waals surface area contributed by atoms with E-state index in [0.717, 1.165) is 51.4 Å². The molecule has 0 spiro atoms. The van der Waals surface area contributed by atoms with Gasteiger partial charge in [0.05, 0.1) is 40.1 Å². The van der Waals surface area contributed by atoms with E-state index >= 15 is 0 Å². The highest BCUT2D eigenvalue weighted by molar-refractivity contribution is 7.47. The first-order chi connectivity index (χ1) is 27.0. The number of unbranched alkanes of at least 4 members (excludes halogenated alkanes) is 12. The molecule has 9 nitrogen and oxygen atoms in total. The number of hydrogen-bond donors (Lipinski definition) is 2. The quantitative estimate of drug-likeness (QED) is 0.0121. The maximum atomic E-state index is 12.6. The molecule has 56 heavy (non-hydrogen) atoms. The molecule has 0 aliphatic carbocycles. The molecule has 0 aromatic rings. The SMILES string of the molecule is CC/C=C\C(O)C/C=C/C=C\C/C=C\C/C=C\CCCC(=O)O[C@H](CO/C=C/CCCCCC/C=C\CCCCCCCC)COP(=O)(O)OCC[N+](C)(C)C. The molecule has 0 saturated heterocycles. The van der Waals surface area contributed by atoms with E-state index in [9.17, 15) is 19.4 Å². The lowest BCUT2D eigenvalue weighted by Gasteiger charge is -2.24. The van der Waals surface area contributed by atoms with Crippen molar-refractivity contribution in [2.45, 2.75) is 154 Å². The monoisotopic (exact) mass is 807 g/mol. The van der Waals surface area contributed by atoms with Crippen LogP contribution < -0.4 is 0 Å². The Morgan fingerprint density at radius 1 is 0.679 bits per heavy atom. The topological polar surface area (TPSA) is 112 Å². The molecule has 2 N–H and O–H groups in total. The Hall–Kier alpha value is -2.52. The summed E-state index contributed by atoms with van der Waals surface area (Å²) in [5.41, 5.74) is 0. The van der Waals surface area contributed by atoms with Crippen molar-refractivity contribution in [3.05, 3.63) is 85.3 Å². The summed E-state index contributed by atoms with van der Waals surface area (Å²) in [4.78, 5) is 22.8. The van der Waals surface area contributed by atoms with Gasteiger partial charge in [0.25, 0.3) is 0 Å². The van der Waals surface area contributed by atoms with E-state index in [-0.39, 0.29) is 26.2 Å². The average Bonchev–Trinajstić information content (AvgIpc) is 3.15. The van der Waals surface area contributed by atoms with Gasteiger partial charge in [0.1, 0.15) is 19.8 Å². The molecule has 0 amide bonds. The number of carbonyl (C=O) groups is 1. The number of phosphoric acid groups is 1. The number of nitrogens with zero attached hydrogens (tertiary/aromatic N) is 1. The lowest BCUT2D eigenvalue weighted by molar-refractivity contribution is -0.870. The van der Waals surface area contributed by atoms with Crippen molar-refractivity contribution in [3.63, 3.8) is 0 Å². The minimum absolute atomic E-state index is 0.00365. The van der Waals surface area contributed by atoms with Gasteiger partial charge >= 0.3 is 13.8 Å². The molecule has 0 heterocycles. The summed E-state index contributed by atoms with van der Waals surface area (Å²) in [6.07, 6.45) is 47.7. The maximum Gasteiger partial charge on any atom is 0.472 e. The molecule has 0 bridgehead atoms. The van der Waals surface area contributed by atoms with Crippen LogP contribution >= 0.6 is 7.82 Å². The number of aliphatic hydroxyl groups excluding tert-OH is 1. The van der Waals surface area contributed by atoms with Crippen LogP contribution in [0.25, 0.3) is 0 Å². The van der Waals surface area contributed by atoms with Crippen LogP contribution in [0.15, 0.2) is 85.3 Å². The van der Waals surface area contributed by atoms with Crippen molar-refractivity contribution in [1.29, 1.82) is 0 Å². The van der Waals surface area contributed by atoms with E-state index < -0.39 is 26.0 Å². The first-order valence-corrected chi connectivity index (χ1v) is 23.0. The van der Waals surface area contributed by atoms with E-state index in [1.807, 2.05) is 70.6 Å². The Labute approximate surface area is 342 Å². The van der Waals surface area contributed by atoms with Gasteiger partial charge in [0.15, 0.2) is 6.10 Å². The van der Waals surface area contributed by atoms with Gasteiger partial charge in [-0.2, -0.15) is 0 Å². The Morgan fingerprint density at radius 3 is 1.91 bits per heavy atom. The number of aliphatic hydroxyl groups is 1. The standard InChI is InChI=1S/C46H80NO8P/c1-6-8-10-11-12-13-14-15-16-17-20-23-26-29-32-35-40-52-42-45(43-54-56(50,51)53-41-39-47(3,4)5)55-46(49)38-34-31-28-25-22-19-18-21-24-27-30-33-37-44(48)36-9-7-2/h9,15-16,18-19,24-25,27-28,30,33,35-36,40,44-45,48H,6-8,10-14,17,20-23,26,29,31-32,34,37-39,41-43H2,1-5H3/p+1/b16-15-,19-18-,27-24-,28-25-,33-30+,36-9-,40-35+/t44?,45-/m1/s1. The number of allylic oxidation sites excluding steroid dienone is 11. The van der Waals surface area contributed by atoms with Crippen molar-refractivity contribution in [2.75, 3.05) is 47.5 Å². The number of likely N-dealkylation sites (N-methyl/N-ethyl adjacent to an activating group) is 1. The molecule has 0 aliphatic heterocycles. The van der Waals surface area contributed by atoms with Gasteiger partial charge in [-0.1, -0.05) is 132 Å². The third-order valence-electron chi connectivity index (χ3n) is 8.58. The second-order valence-electron chi connectivity index (χ2n) is 15.3. The molecule has 0 aromatic carbocycles. The molecule has 0 saturated carbocycles. The number of esters is 1. The molecule has 0 aliphatic rings. The number of ether oxygens (including phenoxy) is 2. The molecule has 0 aromatic heterocycles. The fraction of sp³-hybridized carbons (Fsp3) is 0.674. The van der Waals surface area contributed by atoms with Crippen LogP contribution in [0.3, 0.4) is 0 Å². The molecule has 2 unspecified atom stereocenters. The largest absolute Gasteiger partial charge is 0.498 e. The summed E-state index contributed by atoms with van der Waals surface area (Å²) in [5, 5.41) is 9.77. The second kappa shape index (κ2) is 38.0. The van der Waals surface area contributed by atoms with Crippen LogP contribution in [0.5, 0.6) is 0 Å². The summed E-state index contributed by atoms with van der Waals surface area (Å²) in [6, 6.07) is 0. The van der Waals surface area contributed by atoms with Crippen molar-refractivity contribution >= 4 is 13.8 Å². The van der Waals surface area contributed by atoms with E-state index in [0.29, 0.717) is 23.9 Å². The summed E-state index contributed by atoms with van der Waals surface area (Å²) in [6.45, 7) is 4.57. The summed E-state index contributed by atoms with van der Waals surface area (Å²) in [5.74, 6) is -0.414. The first kappa shape index (κ1) is 53.5. The zero-order valence-corrected chi connectivity index (χ0v) is 36.8.